The number of nitrogens with zero attached hydrogens (tertiary/aromatic N) is 1. The molecule has 6 nitrogen and oxygen atoms in total. The maximum absolute atomic E-state index is 12.7. The molecule has 0 fully saturated rings. The highest BCUT2D eigenvalue weighted by molar-refractivity contribution is 7.92. The maximum atomic E-state index is 12.7. The summed E-state index contributed by atoms with van der Waals surface area (Å²) in [6, 6.07) is 17.5. The molecule has 1 amide bonds. The highest BCUT2D eigenvalue weighted by Crippen LogP contribution is 2.12. The molecule has 28 heavy (non-hydrogen) atoms. The number of sulfone groups is 1. The van der Waals surface area contributed by atoms with Gasteiger partial charge < -0.3 is 9.64 Å². The van der Waals surface area contributed by atoms with Crippen LogP contribution in [0.2, 0.25) is 0 Å². The zero-order valence-corrected chi connectivity index (χ0v) is 16.7. The van der Waals surface area contributed by atoms with Crippen molar-refractivity contribution in [1.82, 2.24) is 4.90 Å². The molecule has 0 aromatic heterocycles. The van der Waals surface area contributed by atoms with Crippen LogP contribution in [0.1, 0.15) is 18.9 Å². The number of carbonyl (C=O) groups is 2. The third-order valence-electron chi connectivity index (χ3n) is 4.17. The van der Waals surface area contributed by atoms with Crippen LogP contribution >= 0.6 is 0 Å². The number of ether oxygens (including phenoxy) is 1. The largest absolute Gasteiger partial charge is 0.466 e. The van der Waals surface area contributed by atoms with E-state index in [1.165, 1.54) is 17.0 Å². The van der Waals surface area contributed by atoms with Crippen molar-refractivity contribution in [3.8, 4) is 0 Å². The van der Waals surface area contributed by atoms with Gasteiger partial charge in [-0.1, -0.05) is 48.5 Å². The lowest BCUT2D eigenvalue weighted by molar-refractivity contribution is -0.143. The second-order valence-electron chi connectivity index (χ2n) is 6.24. The summed E-state index contributed by atoms with van der Waals surface area (Å²) in [4.78, 5) is 25.9. The minimum Gasteiger partial charge on any atom is -0.466 e. The highest BCUT2D eigenvalue weighted by Gasteiger charge is 2.24. The minimum absolute atomic E-state index is 0.0275. The second-order valence-corrected chi connectivity index (χ2v) is 8.23. The van der Waals surface area contributed by atoms with Crippen LogP contribution in [-0.4, -0.2) is 50.6 Å². The molecule has 2 rings (SSSR count). The van der Waals surface area contributed by atoms with Crippen LogP contribution < -0.4 is 0 Å². The van der Waals surface area contributed by atoms with E-state index in [0.29, 0.717) is 13.0 Å². The summed E-state index contributed by atoms with van der Waals surface area (Å²) in [5, 5.41) is 0. The van der Waals surface area contributed by atoms with Crippen molar-refractivity contribution in [2.45, 2.75) is 24.7 Å². The monoisotopic (exact) mass is 403 g/mol. The quantitative estimate of drug-likeness (QED) is 0.570. The van der Waals surface area contributed by atoms with Crippen LogP contribution in [0, 0.1) is 0 Å². The number of hydrogen-bond donors (Lipinski definition) is 0. The van der Waals surface area contributed by atoms with Crippen molar-refractivity contribution in [2.75, 3.05) is 25.4 Å². The molecule has 0 aliphatic carbocycles. The zero-order valence-electron chi connectivity index (χ0n) is 15.9. The molecule has 2 aromatic carbocycles. The molecule has 7 heteroatoms. The molecule has 0 unspecified atom stereocenters. The number of hydrogen-bond acceptors (Lipinski definition) is 5. The van der Waals surface area contributed by atoms with E-state index in [-0.39, 0.29) is 24.5 Å². The molecule has 0 aliphatic rings. The van der Waals surface area contributed by atoms with Crippen LogP contribution in [0.25, 0.3) is 0 Å². The number of amides is 1. The Morgan fingerprint density at radius 1 is 0.929 bits per heavy atom. The van der Waals surface area contributed by atoms with Gasteiger partial charge in [-0.25, -0.2) is 8.42 Å². The van der Waals surface area contributed by atoms with Gasteiger partial charge in [0.25, 0.3) is 0 Å². The van der Waals surface area contributed by atoms with Crippen LogP contribution in [0.15, 0.2) is 65.6 Å². The lowest BCUT2D eigenvalue weighted by atomic mass is 10.1. The fraction of sp³-hybridized carbons (Fsp3) is 0.333. The van der Waals surface area contributed by atoms with E-state index >= 15 is 0 Å². The van der Waals surface area contributed by atoms with Gasteiger partial charge in [-0.15, -0.1) is 0 Å². The topological polar surface area (TPSA) is 80.8 Å². The molecule has 0 aliphatic heterocycles. The van der Waals surface area contributed by atoms with Gasteiger partial charge in [-0.3, -0.25) is 9.59 Å². The van der Waals surface area contributed by atoms with Gasteiger partial charge in [0, 0.05) is 13.1 Å². The molecule has 2 aromatic rings. The first-order valence-corrected chi connectivity index (χ1v) is 10.8. The zero-order chi connectivity index (χ0) is 20.4. The predicted octanol–water partition coefficient (Wildman–Crippen LogP) is 2.48. The first kappa shape index (κ1) is 21.6. The van der Waals surface area contributed by atoms with Crippen molar-refractivity contribution in [2.24, 2.45) is 0 Å². The predicted molar refractivity (Wildman–Crippen MR) is 106 cm³/mol. The summed E-state index contributed by atoms with van der Waals surface area (Å²) in [7, 11) is -3.74. The van der Waals surface area contributed by atoms with Gasteiger partial charge >= 0.3 is 5.97 Å². The maximum Gasteiger partial charge on any atom is 0.307 e. The van der Waals surface area contributed by atoms with E-state index in [4.69, 9.17) is 4.74 Å². The van der Waals surface area contributed by atoms with E-state index in [1.54, 1.807) is 25.1 Å². The number of carbonyl (C=O) groups excluding carboxylic acids is 2. The first-order valence-electron chi connectivity index (χ1n) is 9.17. The Morgan fingerprint density at radius 3 is 2.14 bits per heavy atom. The standard InChI is InChI=1S/C21H25NO5S/c1-2-27-21(24)14-16-22(15-13-18-9-5-3-6-10-18)20(23)17-28(25,26)19-11-7-4-8-12-19/h3-12H,2,13-17H2,1H3. The van der Waals surface area contributed by atoms with E-state index in [1.807, 2.05) is 30.3 Å². The smallest absolute Gasteiger partial charge is 0.307 e. The highest BCUT2D eigenvalue weighted by atomic mass is 32.2. The van der Waals surface area contributed by atoms with E-state index in [2.05, 4.69) is 0 Å². The molecular formula is C21H25NO5S. The van der Waals surface area contributed by atoms with E-state index in [0.717, 1.165) is 5.56 Å². The second kappa shape index (κ2) is 10.6. The van der Waals surface area contributed by atoms with E-state index in [9.17, 15) is 18.0 Å². The van der Waals surface area contributed by atoms with Gasteiger partial charge in [0.1, 0.15) is 5.75 Å². The number of benzene rings is 2. The Hall–Kier alpha value is -2.67. The third-order valence-corrected chi connectivity index (χ3v) is 5.79. The summed E-state index contributed by atoms with van der Waals surface area (Å²) in [6.45, 7) is 2.42. The summed E-state index contributed by atoms with van der Waals surface area (Å²) in [6.07, 6.45) is 0.598. The van der Waals surface area contributed by atoms with Gasteiger partial charge in [-0.2, -0.15) is 0 Å². The molecular weight excluding hydrogens is 378 g/mol. The lowest BCUT2D eigenvalue weighted by Gasteiger charge is -2.22. The Labute approximate surface area is 166 Å². The number of esters is 1. The third kappa shape index (κ3) is 6.81. The van der Waals surface area contributed by atoms with Gasteiger partial charge in [0.15, 0.2) is 9.84 Å². The Morgan fingerprint density at radius 2 is 1.54 bits per heavy atom. The summed E-state index contributed by atoms with van der Waals surface area (Å²) >= 11 is 0. The van der Waals surface area contributed by atoms with Crippen molar-refractivity contribution in [3.05, 3.63) is 66.2 Å². The van der Waals surface area contributed by atoms with Crippen molar-refractivity contribution < 1.29 is 22.7 Å². The van der Waals surface area contributed by atoms with Crippen LogP contribution in [-0.2, 0) is 30.6 Å². The van der Waals surface area contributed by atoms with E-state index < -0.39 is 27.5 Å². The number of rotatable bonds is 10. The molecule has 0 saturated carbocycles. The molecule has 0 saturated heterocycles. The minimum atomic E-state index is -3.74. The Kier molecular flexibility index (Phi) is 8.19. The lowest BCUT2D eigenvalue weighted by Crippen LogP contribution is -2.38. The average Bonchev–Trinajstić information content (AvgIpc) is 2.69. The molecule has 0 N–H and O–H groups in total. The molecule has 0 bridgehead atoms. The SMILES string of the molecule is CCOC(=O)CCN(CCc1ccccc1)C(=O)CS(=O)(=O)c1ccccc1. The average molecular weight is 404 g/mol. The molecule has 0 spiro atoms. The first-order chi connectivity index (χ1) is 13.4. The summed E-state index contributed by atoms with van der Waals surface area (Å²) in [5.41, 5.74) is 1.03. The molecule has 0 atom stereocenters. The molecule has 150 valence electrons. The van der Waals surface area contributed by atoms with Crippen LogP contribution in [0.3, 0.4) is 0 Å². The summed E-state index contributed by atoms with van der Waals surface area (Å²) < 4.78 is 30.0. The van der Waals surface area contributed by atoms with Crippen LogP contribution in [0.5, 0.6) is 0 Å². The van der Waals surface area contributed by atoms with Gasteiger partial charge in [0.05, 0.1) is 17.9 Å². The van der Waals surface area contributed by atoms with Crippen LogP contribution in [0.4, 0.5) is 0 Å². The fourth-order valence-corrected chi connectivity index (χ4v) is 3.94. The fourth-order valence-electron chi connectivity index (χ4n) is 2.69. The van der Waals surface area contributed by atoms with Gasteiger partial charge in [-0.05, 0) is 31.0 Å². The van der Waals surface area contributed by atoms with Crippen molar-refractivity contribution in [3.63, 3.8) is 0 Å². The Balaban J connectivity index is 2.07. The molecule has 0 radical (unpaired) electrons. The van der Waals surface area contributed by atoms with Gasteiger partial charge in [0.2, 0.25) is 5.91 Å². The summed E-state index contributed by atoms with van der Waals surface area (Å²) in [5.74, 6) is -1.57. The molecule has 0 heterocycles. The Bertz CT molecular complexity index is 866. The van der Waals surface area contributed by atoms with Crippen molar-refractivity contribution >= 4 is 21.7 Å². The van der Waals surface area contributed by atoms with Crippen molar-refractivity contribution in [1.29, 1.82) is 0 Å². The normalized spacial score (nSPS) is 11.0.